The molecule has 55 heavy (non-hydrogen) atoms. The molecule has 1 saturated heterocycles. The maximum atomic E-state index is 13.3. The molecular weight excluding hydrogens is 689 g/mol. The number of hydrogen-bond donors (Lipinski definition) is 2. The minimum atomic E-state index is -1.38. The molecule has 0 bridgehead atoms. The number of nitrogens with zero attached hydrogens (tertiary/aromatic N) is 1. The second kappa shape index (κ2) is 15.7. The van der Waals surface area contributed by atoms with Gasteiger partial charge < -0.3 is 19.3 Å². The van der Waals surface area contributed by atoms with Crippen LogP contribution in [0, 0.1) is 0 Å². The summed E-state index contributed by atoms with van der Waals surface area (Å²) in [5.74, 6) is 0. The molecule has 8 nitrogen and oxygen atoms in total. The van der Waals surface area contributed by atoms with E-state index in [1.165, 1.54) is 16.8 Å². The van der Waals surface area contributed by atoms with E-state index in [4.69, 9.17) is 14.2 Å². The fourth-order valence-corrected chi connectivity index (χ4v) is 7.76. The van der Waals surface area contributed by atoms with Crippen molar-refractivity contribution in [2.45, 2.75) is 35.7 Å². The standard InChI is InChI=1S/C47H40N2O6/c50-41-31-32-49(45(52)48-41)44-42(51)43(55-47(37-25-13-4-14-26-37,38-27-15-5-16-28-38)39-29-17-6-18-30-39)40(54-44)33-53-46(34-19-7-1-8-20-34,35-21-9-2-10-22-35)36-23-11-3-12-24-36/h1-32,40,42-44,51H,33H2,(H,48,50,52)/t40-,42-,43+,44+/m0/s1. The number of ether oxygens (including phenoxy) is 3. The van der Waals surface area contributed by atoms with Crippen LogP contribution in [0.2, 0.25) is 0 Å². The molecule has 2 heterocycles. The normalized spacial score (nSPS) is 18.6. The Kier molecular flexibility index (Phi) is 10.2. The average Bonchev–Trinajstić information content (AvgIpc) is 3.55. The first-order valence-corrected chi connectivity index (χ1v) is 18.3. The predicted molar refractivity (Wildman–Crippen MR) is 210 cm³/mol. The molecule has 0 radical (unpaired) electrons. The highest BCUT2D eigenvalue weighted by Gasteiger charge is 2.52. The Labute approximate surface area is 318 Å². The average molecular weight is 729 g/mol. The number of rotatable bonds is 12. The molecule has 274 valence electrons. The molecule has 0 amide bonds. The maximum absolute atomic E-state index is 13.3. The summed E-state index contributed by atoms with van der Waals surface area (Å²) in [5, 5.41) is 12.4. The van der Waals surface area contributed by atoms with E-state index in [1.807, 2.05) is 182 Å². The van der Waals surface area contributed by atoms with Crippen LogP contribution < -0.4 is 11.2 Å². The zero-order valence-electron chi connectivity index (χ0n) is 29.9. The Hall–Kier alpha value is -6.16. The molecule has 2 N–H and O–H groups in total. The van der Waals surface area contributed by atoms with Crippen molar-refractivity contribution in [2.24, 2.45) is 0 Å². The molecule has 0 spiro atoms. The molecule has 7 aromatic rings. The number of benzene rings is 6. The van der Waals surface area contributed by atoms with Crippen LogP contribution in [0.3, 0.4) is 0 Å². The molecular formula is C47H40N2O6. The van der Waals surface area contributed by atoms with E-state index in [1.54, 1.807) is 0 Å². The van der Waals surface area contributed by atoms with Crippen molar-refractivity contribution in [2.75, 3.05) is 6.61 Å². The minimum Gasteiger partial charge on any atom is -0.386 e. The molecule has 1 aromatic heterocycles. The van der Waals surface area contributed by atoms with E-state index in [0.29, 0.717) is 0 Å². The summed E-state index contributed by atoms with van der Waals surface area (Å²) in [6, 6.07) is 60.8. The second-order valence-corrected chi connectivity index (χ2v) is 13.5. The van der Waals surface area contributed by atoms with Crippen molar-refractivity contribution in [1.29, 1.82) is 0 Å². The van der Waals surface area contributed by atoms with Gasteiger partial charge in [-0.05, 0) is 33.4 Å². The van der Waals surface area contributed by atoms with Crippen LogP contribution >= 0.6 is 0 Å². The Morgan fingerprint density at radius 1 is 0.545 bits per heavy atom. The summed E-state index contributed by atoms with van der Waals surface area (Å²) in [6.45, 7) is -0.0660. The summed E-state index contributed by atoms with van der Waals surface area (Å²) in [7, 11) is 0. The van der Waals surface area contributed by atoms with Gasteiger partial charge in [0.25, 0.3) is 5.56 Å². The fraction of sp³-hybridized carbons (Fsp3) is 0.149. The SMILES string of the molecule is O=c1ccn([C@@H]2O[C@@H](COC(c3ccccc3)(c3ccccc3)c3ccccc3)[C@@H](OC(c3ccccc3)(c3ccccc3)c3ccccc3)[C@@H]2O)c(=O)[nH]1. The van der Waals surface area contributed by atoms with Crippen molar-refractivity contribution in [3.8, 4) is 0 Å². The Morgan fingerprint density at radius 3 is 1.27 bits per heavy atom. The molecule has 8 heteroatoms. The van der Waals surface area contributed by atoms with Crippen LogP contribution in [-0.4, -0.2) is 39.6 Å². The Balaban J connectivity index is 1.30. The third-order valence-corrected chi connectivity index (χ3v) is 10.3. The molecule has 4 atom stereocenters. The summed E-state index contributed by atoms with van der Waals surface area (Å²) >= 11 is 0. The van der Waals surface area contributed by atoms with Gasteiger partial charge in [0.1, 0.15) is 29.5 Å². The van der Waals surface area contributed by atoms with Gasteiger partial charge in [-0.1, -0.05) is 182 Å². The van der Waals surface area contributed by atoms with Crippen LogP contribution in [0.4, 0.5) is 0 Å². The molecule has 1 aliphatic heterocycles. The second-order valence-electron chi connectivity index (χ2n) is 13.5. The number of aliphatic hydroxyl groups excluding tert-OH is 1. The van der Waals surface area contributed by atoms with Gasteiger partial charge in [-0.25, -0.2) is 4.79 Å². The first kappa shape index (κ1) is 35.8. The molecule has 8 rings (SSSR count). The van der Waals surface area contributed by atoms with E-state index in [-0.39, 0.29) is 6.61 Å². The van der Waals surface area contributed by atoms with Crippen molar-refractivity contribution < 1.29 is 19.3 Å². The lowest BCUT2D eigenvalue weighted by Gasteiger charge is -2.41. The maximum Gasteiger partial charge on any atom is 0.330 e. The third kappa shape index (κ3) is 6.77. The number of H-pyrrole nitrogens is 1. The zero-order chi connectivity index (χ0) is 37.7. The van der Waals surface area contributed by atoms with Crippen LogP contribution in [0.1, 0.15) is 39.6 Å². The van der Waals surface area contributed by atoms with Crippen molar-refractivity contribution >= 4 is 0 Å². The van der Waals surface area contributed by atoms with E-state index < -0.39 is 47.0 Å². The van der Waals surface area contributed by atoms with Gasteiger partial charge in [0.2, 0.25) is 0 Å². The number of aromatic amines is 1. The van der Waals surface area contributed by atoms with Crippen molar-refractivity contribution in [3.63, 3.8) is 0 Å². The lowest BCUT2D eigenvalue weighted by atomic mass is 9.79. The van der Waals surface area contributed by atoms with Gasteiger partial charge in [0, 0.05) is 12.3 Å². The Morgan fingerprint density at radius 2 is 0.909 bits per heavy atom. The zero-order valence-corrected chi connectivity index (χ0v) is 29.9. The lowest BCUT2D eigenvalue weighted by Crippen LogP contribution is -2.47. The summed E-state index contributed by atoms with van der Waals surface area (Å²) < 4.78 is 22.6. The fourth-order valence-electron chi connectivity index (χ4n) is 7.76. The highest BCUT2D eigenvalue weighted by atomic mass is 16.6. The molecule has 0 unspecified atom stereocenters. The summed E-state index contributed by atoms with van der Waals surface area (Å²) in [6.07, 6.45) is -3.26. The van der Waals surface area contributed by atoms with Gasteiger partial charge >= 0.3 is 5.69 Å². The van der Waals surface area contributed by atoms with Gasteiger partial charge in [-0.15, -0.1) is 0 Å². The quantitative estimate of drug-likeness (QED) is 0.129. The minimum absolute atomic E-state index is 0.0660. The molecule has 6 aromatic carbocycles. The number of nitrogens with one attached hydrogen (secondary N) is 1. The molecule has 1 fully saturated rings. The Bertz CT molecular complexity index is 2210. The van der Waals surface area contributed by atoms with Crippen LogP contribution in [-0.2, 0) is 25.4 Å². The first-order valence-electron chi connectivity index (χ1n) is 18.3. The van der Waals surface area contributed by atoms with Crippen molar-refractivity contribution in [1.82, 2.24) is 9.55 Å². The summed E-state index contributed by atoms with van der Waals surface area (Å²) in [4.78, 5) is 27.7. The predicted octanol–water partition coefficient (Wildman–Crippen LogP) is 7.18. The number of aliphatic hydroxyl groups is 1. The van der Waals surface area contributed by atoms with Crippen molar-refractivity contribution in [3.05, 3.63) is 248 Å². The highest BCUT2D eigenvalue weighted by molar-refractivity contribution is 5.49. The first-order chi connectivity index (χ1) is 27.0. The van der Waals surface area contributed by atoms with E-state index in [0.717, 1.165) is 33.4 Å². The lowest BCUT2D eigenvalue weighted by molar-refractivity contribution is -0.131. The largest absolute Gasteiger partial charge is 0.386 e. The molecule has 0 saturated carbocycles. The van der Waals surface area contributed by atoms with Crippen LogP contribution in [0.25, 0.3) is 0 Å². The molecule has 1 aliphatic rings. The molecule has 0 aliphatic carbocycles. The van der Waals surface area contributed by atoms with Gasteiger partial charge in [0.15, 0.2) is 6.23 Å². The summed E-state index contributed by atoms with van der Waals surface area (Å²) in [5.41, 5.74) is 1.54. The van der Waals surface area contributed by atoms with E-state index in [9.17, 15) is 14.7 Å². The van der Waals surface area contributed by atoms with Gasteiger partial charge in [-0.3, -0.25) is 14.3 Å². The third-order valence-electron chi connectivity index (χ3n) is 10.3. The smallest absolute Gasteiger partial charge is 0.330 e. The monoisotopic (exact) mass is 728 g/mol. The topological polar surface area (TPSA) is 103 Å². The van der Waals surface area contributed by atoms with Gasteiger partial charge in [-0.2, -0.15) is 0 Å². The van der Waals surface area contributed by atoms with Crippen LogP contribution in [0.5, 0.6) is 0 Å². The number of aromatic nitrogens is 2. The highest BCUT2D eigenvalue weighted by Crippen LogP contribution is 2.46. The van der Waals surface area contributed by atoms with E-state index in [2.05, 4.69) is 4.98 Å². The van der Waals surface area contributed by atoms with Gasteiger partial charge in [0.05, 0.1) is 6.61 Å². The number of hydrogen-bond acceptors (Lipinski definition) is 6. The van der Waals surface area contributed by atoms with E-state index >= 15 is 0 Å². The van der Waals surface area contributed by atoms with Crippen LogP contribution in [0.15, 0.2) is 204 Å².